The van der Waals surface area contributed by atoms with E-state index in [9.17, 15) is 0 Å². The summed E-state index contributed by atoms with van der Waals surface area (Å²) in [5.74, 6) is 1.26. The van der Waals surface area contributed by atoms with Crippen molar-refractivity contribution in [1.82, 2.24) is 4.90 Å². The topological polar surface area (TPSA) is 38.5 Å². The molecule has 0 spiro atoms. The van der Waals surface area contributed by atoms with Gasteiger partial charge in [0.15, 0.2) is 0 Å². The standard InChI is InChI=1S/C18H24N2O/c1-20(13-15-7-6-10-18(11-15)21-2)14-17(12-19)16-8-4-3-5-9-16/h3-11,17H,12-14,19H2,1-2H3. The fourth-order valence-corrected chi connectivity index (χ4v) is 2.56. The number of rotatable bonds is 7. The quantitative estimate of drug-likeness (QED) is 0.849. The lowest BCUT2D eigenvalue weighted by molar-refractivity contribution is 0.304. The summed E-state index contributed by atoms with van der Waals surface area (Å²) < 4.78 is 5.27. The van der Waals surface area contributed by atoms with Gasteiger partial charge in [-0.15, -0.1) is 0 Å². The van der Waals surface area contributed by atoms with Gasteiger partial charge >= 0.3 is 0 Å². The molecule has 0 fully saturated rings. The van der Waals surface area contributed by atoms with Crippen molar-refractivity contribution in [3.8, 4) is 5.75 Å². The Hall–Kier alpha value is -1.84. The van der Waals surface area contributed by atoms with Crippen molar-refractivity contribution in [1.29, 1.82) is 0 Å². The second-order valence-electron chi connectivity index (χ2n) is 5.39. The third-order valence-electron chi connectivity index (χ3n) is 3.67. The van der Waals surface area contributed by atoms with E-state index < -0.39 is 0 Å². The van der Waals surface area contributed by atoms with Crippen LogP contribution in [0.3, 0.4) is 0 Å². The van der Waals surface area contributed by atoms with Gasteiger partial charge in [-0.3, -0.25) is 0 Å². The summed E-state index contributed by atoms with van der Waals surface area (Å²) in [6.45, 7) is 2.49. The first-order valence-corrected chi connectivity index (χ1v) is 7.29. The second-order valence-corrected chi connectivity index (χ2v) is 5.39. The zero-order chi connectivity index (χ0) is 15.1. The SMILES string of the molecule is COc1cccc(CN(C)CC(CN)c2ccccc2)c1. The molecule has 0 aliphatic carbocycles. The van der Waals surface area contributed by atoms with Gasteiger partial charge in [-0.05, 0) is 30.3 Å². The summed E-state index contributed by atoms with van der Waals surface area (Å²) in [5, 5.41) is 0. The fourth-order valence-electron chi connectivity index (χ4n) is 2.56. The number of hydrogen-bond donors (Lipinski definition) is 1. The number of methoxy groups -OCH3 is 1. The molecule has 2 N–H and O–H groups in total. The lowest BCUT2D eigenvalue weighted by Gasteiger charge is -2.23. The normalized spacial score (nSPS) is 12.4. The van der Waals surface area contributed by atoms with Gasteiger partial charge in [-0.25, -0.2) is 0 Å². The number of nitrogens with zero attached hydrogens (tertiary/aromatic N) is 1. The van der Waals surface area contributed by atoms with E-state index in [1.165, 1.54) is 11.1 Å². The minimum atomic E-state index is 0.363. The highest BCUT2D eigenvalue weighted by Crippen LogP contribution is 2.18. The largest absolute Gasteiger partial charge is 0.497 e. The van der Waals surface area contributed by atoms with Crippen molar-refractivity contribution in [2.45, 2.75) is 12.5 Å². The minimum Gasteiger partial charge on any atom is -0.497 e. The molecule has 0 saturated carbocycles. The Bertz CT molecular complexity index is 542. The predicted octanol–water partition coefficient (Wildman–Crippen LogP) is 2.87. The molecule has 21 heavy (non-hydrogen) atoms. The molecule has 112 valence electrons. The highest BCUT2D eigenvalue weighted by Gasteiger charge is 2.12. The monoisotopic (exact) mass is 284 g/mol. The molecule has 0 aliphatic rings. The molecule has 0 aliphatic heterocycles. The van der Waals surface area contributed by atoms with Gasteiger partial charge in [0, 0.05) is 25.6 Å². The van der Waals surface area contributed by atoms with Crippen LogP contribution in [0.5, 0.6) is 5.75 Å². The maximum absolute atomic E-state index is 5.95. The summed E-state index contributed by atoms with van der Waals surface area (Å²) in [6, 6.07) is 18.7. The number of benzene rings is 2. The summed E-state index contributed by atoms with van der Waals surface area (Å²) in [7, 11) is 3.83. The van der Waals surface area contributed by atoms with E-state index >= 15 is 0 Å². The van der Waals surface area contributed by atoms with Crippen LogP contribution >= 0.6 is 0 Å². The number of nitrogens with two attached hydrogens (primary N) is 1. The van der Waals surface area contributed by atoms with E-state index in [-0.39, 0.29) is 0 Å². The third-order valence-corrected chi connectivity index (χ3v) is 3.67. The van der Waals surface area contributed by atoms with Crippen LogP contribution < -0.4 is 10.5 Å². The Morgan fingerprint density at radius 2 is 1.86 bits per heavy atom. The van der Waals surface area contributed by atoms with E-state index in [4.69, 9.17) is 10.5 Å². The first-order valence-electron chi connectivity index (χ1n) is 7.29. The zero-order valence-electron chi connectivity index (χ0n) is 12.8. The van der Waals surface area contributed by atoms with Gasteiger partial charge in [0.2, 0.25) is 0 Å². The molecule has 0 amide bonds. The molecule has 1 unspecified atom stereocenters. The summed E-state index contributed by atoms with van der Waals surface area (Å²) in [4.78, 5) is 2.30. The highest BCUT2D eigenvalue weighted by molar-refractivity contribution is 5.28. The van der Waals surface area contributed by atoms with E-state index in [2.05, 4.69) is 48.3 Å². The molecule has 0 bridgehead atoms. The highest BCUT2D eigenvalue weighted by atomic mass is 16.5. The van der Waals surface area contributed by atoms with Gasteiger partial charge in [-0.1, -0.05) is 42.5 Å². The molecular formula is C18H24N2O. The lowest BCUT2D eigenvalue weighted by atomic mass is 9.98. The predicted molar refractivity (Wildman–Crippen MR) is 87.6 cm³/mol. The number of likely N-dealkylation sites (N-methyl/N-ethyl adjacent to an activating group) is 1. The zero-order valence-corrected chi connectivity index (χ0v) is 12.8. The van der Waals surface area contributed by atoms with Crippen LogP contribution in [0.1, 0.15) is 17.0 Å². The summed E-state index contributed by atoms with van der Waals surface area (Å²) in [5.41, 5.74) is 8.50. The first-order chi connectivity index (χ1) is 10.2. The van der Waals surface area contributed by atoms with Crippen LogP contribution in [0.4, 0.5) is 0 Å². The Kier molecular flexibility index (Phi) is 5.78. The van der Waals surface area contributed by atoms with Crippen LogP contribution in [0, 0.1) is 0 Å². The molecule has 3 nitrogen and oxygen atoms in total. The Morgan fingerprint density at radius 1 is 1.10 bits per heavy atom. The van der Waals surface area contributed by atoms with Crippen molar-refractivity contribution in [2.24, 2.45) is 5.73 Å². The van der Waals surface area contributed by atoms with Crippen molar-refractivity contribution in [3.63, 3.8) is 0 Å². The molecule has 2 aromatic rings. The second kappa shape index (κ2) is 7.81. The average molecular weight is 284 g/mol. The van der Waals surface area contributed by atoms with E-state index in [1.807, 2.05) is 18.2 Å². The van der Waals surface area contributed by atoms with E-state index in [0.29, 0.717) is 12.5 Å². The van der Waals surface area contributed by atoms with Crippen LogP contribution in [-0.2, 0) is 6.54 Å². The molecule has 3 heteroatoms. The summed E-state index contributed by atoms with van der Waals surface area (Å²) in [6.07, 6.45) is 0. The van der Waals surface area contributed by atoms with E-state index in [1.54, 1.807) is 7.11 Å². The van der Waals surface area contributed by atoms with Gasteiger partial charge in [0.05, 0.1) is 7.11 Å². The molecular weight excluding hydrogens is 260 g/mol. The third kappa shape index (κ3) is 4.59. The fraction of sp³-hybridized carbons (Fsp3) is 0.333. The number of ether oxygens (including phenoxy) is 1. The molecule has 2 rings (SSSR count). The average Bonchev–Trinajstić information content (AvgIpc) is 2.53. The molecule has 1 atom stereocenters. The van der Waals surface area contributed by atoms with Crippen LogP contribution in [0.25, 0.3) is 0 Å². The first kappa shape index (κ1) is 15.5. The lowest BCUT2D eigenvalue weighted by Crippen LogP contribution is -2.28. The molecule has 0 heterocycles. The van der Waals surface area contributed by atoms with Crippen LogP contribution in [-0.4, -0.2) is 32.1 Å². The minimum absolute atomic E-state index is 0.363. The maximum Gasteiger partial charge on any atom is 0.119 e. The van der Waals surface area contributed by atoms with Crippen molar-refractivity contribution >= 4 is 0 Å². The molecule has 2 aromatic carbocycles. The van der Waals surface area contributed by atoms with Crippen molar-refractivity contribution in [3.05, 3.63) is 65.7 Å². The molecule has 0 aromatic heterocycles. The van der Waals surface area contributed by atoms with Crippen LogP contribution in [0.15, 0.2) is 54.6 Å². The van der Waals surface area contributed by atoms with E-state index in [0.717, 1.165) is 18.8 Å². The number of hydrogen-bond acceptors (Lipinski definition) is 3. The molecule has 0 radical (unpaired) electrons. The van der Waals surface area contributed by atoms with Crippen LogP contribution in [0.2, 0.25) is 0 Å². The smallest absolute Gasteiger partial charge is 0.119 e. The van der Waals surface area contributed by atoms with Crippen molar-refractivity contribution < 1.29 is 4.74 Å². The van der Waals surface area contributed by atoms with Gasteiger partial charge in [0.25, 0.3) is 0 Å². The molecule has 0 saturated heterocycles. The summed E-state index contributed by atoms with van der Waals surface area (Å²) >= 11 is 0. The Labute approximate surface area is 127 Å². The van der Waals surface area contributed by atoms with Crippen molar-refractivity contribution in [2.75, 3.05) is 27.2 Å². The Balaban J connectivity index is 1.98. The van der Waals surface area contributed by atoms with Gasteiger partial charge in [0.1, 0.15) is 5.75 Å². The maximum atomic E-state index is 5.95. The Morgan fingerprint density at radius 3 is 2.52 bits per heavy atom. The van der Waals surface area contributed by atoms with Gasteiger partial charge < -0.3 is 15.4 Å². The van der Waals surface area contributed by atoms with Gasteiger partial charge in [-0.2, -0.15) is 0 Å².